The third-order valence-electron chi connectivity index (χ3n) is 3.39. The summed E-state index contributed by atoms with van der Waals surface area (Å²) in [5.41, 5.74) is 10.3. The number of aromatic nitrogens is 6. The van der Waals surface area contributed by atoms with E-state index in [4.69, 9.17) is 5.73 Å². The molecule has 8 heteroatoms. The van der Waals surface area contributed by atoms with E-state index in [0.717, 1.165) is 22.5 Å². The number of hydrogen-bond donors (Lipinski definition) is 3. The number of H-pyrrole nitrogens is 1. The third kappa shape index (κ3) is 1.94. The molecule has 3 aromatic heterocycles. The molecule has 0 aliphatic carbocycles. The van der Waals surface area contributed by atoms with Gasteiger partial charge < -0.3 is 16.0 Å². The summed E-state index contributed by atoms with van der Waals surface area (Å²) in [7, 11) is 1.93. The van der Waals surface area contributed by atoms with Crippen molar-refractivity contribution in [2.24, 2.45) is 7.05 Å². The smallest absolute Gasteiger partial charge is 0.224 e. The van der Waals surface area contributed by atoms with Crippen LogP contribution in [0.5, 0.6) is 0 Å². The lowest BCUT2D eigenvalue weighted by Crippen LogP contribution is -2.06. The molecule has 0 saturated heterocycles. The number of aryl methyl sites for hydroxylation is 2. The zero-order valence-corrected chi connectivity index (χ0v) is 11.6. The van der Waals surface area contributed by atoms with E-state index >= 15 is 0 Å². The van der Waals surface area contributed by atoms with Crippen LogP contribution in [-0.2, 0) is 13.6 Å². The van der Waals surface area contributed by atoms with E-state index in [-0.39, 0.29) is 5.95 Å². The first-order chi connectivity index (χ1) is 9.56. The summed E-state index contributed by atoms with van der Waals surface area (Å²) in [5, 5.41) is 7.66. The second-order valence-corrected chi connectivity index (χ2v) is 4.66. The zero-order valence-electron chi connectivity index (χ0n) is 11.6. The minimum absolute atomic E-state index is 0.201. The Hall–Kier alpha value is -2.64. The standard InChI is InChI=1S/C12H16N8/c1-6-8(7(2)20(3)19-6)4-14-10-9-11(16-5-15-9)18-12(13)17-10/h5H,4H2,1-3H3,(H4,13,14,15,16,17,18). The summed E-state index contributed by atoms with van der Waals surface area (Å²) in [6.07, 6.45) is 1.57. The van der Waals surface area contributed by atoms with Gasteiger partial charge >= 0.3 is 0 Å². The average Bonchev–Trinajstić information content (AvgIpc) is 2.94. The molecule has 0 aliphatic rings. The first-order valence-electron chi connectivity index (χ1n) is 6.26. The SMILES string of the molecule is Cc1nn(C)c(C)c1CNc1nc(N)nc2nc[nH]c12. The lowest BCUT2D eigenvalue weighted by molar-refractivity contribution is 0.730. The molecule has 104 valence electrons. The van der Waals surface area contributed by atoms with Gasteiger partial charge in [-0.2, -0.15) is 15.1 Å². The minimum atomic E-state index is 0.201. The molecule has 8 nitrogen and oxygen atoms in total. The first kappa shape index (κ1) is 12.4. The summed E-state index contributed by atoms with van der Waals surface area (Å²) < 4.78 is 1.87. The number of aromatic amines is 1. The van der Waals surface area contributed by atoms with Crippen LogP contribution < -0.4 is 11.1 Å². The maximum Gasteiger partial charge on any atom is 0.224 e. The van der Waals surface area contributed by atoms with Gasteiger partial charge in [-0.3, -0.25) is 4.68 Å². The van der Waals surface area contributed by atoms with Crippen molar-refractivity contribution in [1.29, 1.82) is 0 Å². The second kappa shape index (κ2) is 4.48. The Balaban J connectivity index is 1.92. The van der Waals surface area contributed by atoms with Gasteiger partial charge in [0.15, 0.2) is 11.5 Å². The van der Waals surface area contributed by atoms with E-state index in [9.17, 15) is 0 Å². The average molecular weight is 272 g/mol. The van der Waals surface area contributed by atoms with Gasteiger partial charge in [-0.15, -0.1) is 0 Å². The van der Waals surface area contributed by atoms with Gasteiger partial charge in [-0.1, -0.05) is 0 Å². The van der Waals surface area contributed by atoms with Gasteiger partial charge in [-0.25, -0.2) is 4.98 Å². The number of hydrogen-bond acceptors (Lipinski definition) is 6. The highest BCUT2D eigenvalue weighted by Crippen LogP contribution is 2.19. The third-order valence-corrected chi connectivity index (χ3v) is 3.39. The molecule has 0 amide bonds. The molecule has 0 unspecified atom stereocenters. The van der Waals surface area contributed by atoms with Crippen LogP contribution in [0.25, 0.3) is 11.2 Å². The van der Waals surface area contributed by atoms with Gasteiger partial charge in [0.25, 0.3) is 0 Å². The number of anilines is 2. The molecule has 0 saturated carbocycles. The lowest BCUT2D eigenvalue weighted by atomic mass is 10.2. The zero-order chi connectivity index (χ0) is 14.3. The van der Waals surface area contributed by atoms with Crippen LogP contribution in [0.4, 0.5) is 11.8 Å². The molecule has 0 bridgehead atoms. The van der Waals surface area contributed by atoms with Crippen LogP contribution in [0.1, 0.15) is 17.0 Å². The maximum atomic E-state index is 5.68. The van der Waals surface area contributed by atoms with Crippen LogP contribution in [0.15, 0.2) is 6.33 Å². The molecular formula is C12H16N8. The van der Waals surface area contributed by atoms with Crippen molar-refractivity contribution < 1.29 is 0 Å². The van der Waals surface area contributed by atoms with Crippen LogP contribution in [0.3, 0.4) is 0 Å². The summed E-state index contributed by atoms with van der Waals surface area (Å²) in [6, 6.07) is 0. The number of nitrogen functional groups attached to an aromatic ring is 1. The number of nitrogens with two attached hydrogens (primary N) is 1. The van der Waals surface area contributed by atoms with E-state index in [1.54, 1.807) is 6.33 Å². The highest BCUT2D eigenvalue weighted by atomic mass is 15.3. The number of imidazole rings is 1. The Morgan fingerprint density at radius 1 is 1.35 bits per heavy atom. The summed E-state index contributed by atoms with van der Waals surface area (Å²) in [6.45, 7) is 4.65. The van der Waals surface area contributed by atoms with Crippen LogP contribution in [-0.4, -0.2) is 29.7 Å². The molecule has 0 aromatic carbocycles. The number of fused-ring (bicyclic) bond motifs is 1. The van der Waals surface area contributed by atoms with Crippen LogP contribution >= 0.6 is 0 Å². The molecule has 4 N–H and O–H groups in total. The molecule has 20 heavy (non-hydrogen) atoms. The van der Waals surface area contributed by atoms with Gasteiger partial charge in [0.1, 0.15) is 5.52 Å². The Morgan fingerprint density at radius 3 is 2.85 bits per heavy atom. The Morgan fingerprint density at radius 2 is 2.15 bits per heavy atom. The highest BCUT2D eigenvalue weighted by molar-refractivity contribution is 5.83. The van der Waals surface area contributed by atoms with E-state index in [2.05, 4.69) is 30.4 Å². The molecular weight excluding hydrogens is 256 g/mol. The van der Waals surface area contributed by atoms with E-state index in [0.29, 0.717) is 18.0 Å². The first-order valence-corrected chi connectivity index (χ1v) is 6.26. The topological polar surface area (TPSA) is 110 Å². The van der Waals surface area contributed by atoms with E-state index in [1.807, 2.05) is 25.6 Å². The van der Waals surface area contributed by atoms with Gasteiger partial charge in [-0.05, 0) is 13.8 Å². The van der Waals surface area contributed by atoms with Crippen molar-refractivity contribution in [2.45, 2.75) is 20.4 Å². The maximum absolute atomic E-state index is 5.68. The van der Waals surface area contributed by atoms with Crippen molar-refractivity contribution in [3.05, 3.63) is 23.3 Å². The monoisotopic (exact) mass is 272 g/mol. The van der Waals surface area contributed by atoms with Crippen molar-refractivity contribution in [2.75, 3.05) is 11.1 Å². The fourth-order valence-corrected chi connectivity index (χ4v) is 2.22. The molecule has 0 atom stereocenters. The van der Waals surface area contributed by atoms with Gasteiger partial charge in [0.05, 0.1) is 12.0 Å². The van der Waals surface area contributed by atoms with Crippen molar-refractivity contribution >= 4 is 22.9 Å². The van der Waals surface area contributed by atoms with Gasteiger partial charge in [0, 0.05) is 24.8 Å². The molecule has 3 heterocycles. The molecule has 0 spiro atoms. The summed E-state index contributed by atoms with van der Waals surface area (Å²) in [4.78, 5) is 15.4. The van der Waals surface area contributed by atoms with Crippen LogP contribution in [0, 0.1) is 13.8 Å². The molecule has 0 aliphatic heterocycles. The van der Waals surface area contributed by atoms with Crippen molar-refractivity contribution in [1.82, 2.24) is 29.7 Å². The van der Waals surface area contributed by atoms with E-state index in [1.165, 1.54) is 0 Å². The largest absolute Gasteiger partial charge is 0.368 e. The Labute approximate surface area is 115 Å². The number of nitrogens with one attached hydrogen (secondary N) is 2. The van der Waals surface area contributed by atoms with Gasteiger partial charge in [0.2, 0.25) is 5.95 Å². The molecule has 3 rings (SSSR count). The quantitative estimate of drug-likeness (QED) is 0.653. The molecule has 0 radical (unpaired) electrons. The number of nitrogens with zero attached hydrogens (tertiary/aromatic N) is 5. The minimum Gasteiger partial charge on any atom is -0.368 e. The van der Waals surface area contributed by atoms with E-state index < -0.39 is 0 Å². The Kier molecular flexibility index (Phi) is 2.78. The summed E-state index contributed by atoms with van der Waals surface area (Å²) in [5.74, 6) is 0.847. The van der Waals surface area contributed by atoms with Crippen molar-refractivity contribution in [3.8, 4) is 0 Å². The summed E-state index contributed by atoms with van der Waals surface area (Å²) >= 11 is 0. The molecule has 3 aromatic rings. The number of rotatable bonds is 3. The Bertz CT molecular complexity index is 769. The highest BCUT2D eigenvalue weighted by Gasteiger charge is 2.12. The van der Waals surface area contributed by atoms with Crippen LogP contribution in [0.2, 0.25) is 0 Å². The predicted molar refractivity (Wildman–Crippen MR) is 76.1 cm³/mol. The fourth-order valence-electron chi connectivity index (χ4n) is 2.22. The lowest BCUT2D eigenvalue weighted by Gasteiger charge is -2.07. The normalized spacial score (nSPS) is 11.2. The fraction of sp³-hybridized carbons (Fsp3) is 0.333. The second-order valence-electron chi connectivity index (χ2n) is 4.66. The molecule has 0 fully saturated rings. The van der Waals surface area contributed by atoms with Crippen molar-refractivity contribution in [3.63, 3.8) is 0 Å². The predicted octanol–water partition coefficient (Wildman–Crippen LogP) is 0.898.